The van der Waals surface area contributed by atoms with E-state index < -0.39 is 12.1 Å². The van der Waals surface area contributed by atoms with E-state index in [0.29, 0.717) is 11.3 Å². The van der Waals surface area contributed by atoms with Crippen LogP contribution in [0.5, 0.6) is 5.75 Å². The Morgan fingerprint density at radius 1 is 1.11 bits per heavy atom. The fourth-order valence-electron chi connectivity index (χ4n) is 1.93. The molecular weight excluding hydrogens is 240 g/mol. The van der Waals surface area contributed by atoms with Crippen LogP contribution in [0.2, 0.25) is 0 Å². The Bertz CT molecular complexity index is 549. The Kier molecular flexibility index (Phi) is 4.18. The van der Waals surface area contributed by atoms with Gasteiger partial charge in [-0.25, -0.2) is 4.79 Å². The summed E-state index contributed by atoms with van der Waals surface area (Å²) in [6.07, 6.45) is -0.175. The van der Waals surface area contributed by atoms with Crippen molar-refractivity contribution in [1.29, 1.82) is 0 Å². The fraction of sp³-hybridized carbons (Fsp3) is 0.188. The van der Waals surface area contributed by atoms with Crippen molar-refractivity contribution in [2.75, 3.05) is 0 Å². The third-order valence-corrected chi connectivity index (χ3v) is 2.92. The molecule has 1 atom stereocenters. The molecule has 19 heavy (non-hydrogen) atoms. The molecule has 0 radical (unpaired) electrons. The highest BCUT2D eigenvalue weighted by Crippen LogP contribution is 2.26. The standard InChI is InChI=1S/C16H16O3/c1-2-12-8-6-7-11-14(12)19-15(16(17)18)13-9-4-3-5-10-13/h3-11,15H,2H2,1H3,(H,17,18). The van der Waals surface area contributed by atoms with Gasteiger partial charge < -0.3 is 9.84 Å². The Balaban J connectivity index is 2.30. The van der Waals surface area contributed by atoms with Gasteiger partial charge in [0.15, 0.2) is 0 Å². The third kappa shape index (κ3) is 3.13. The summed E-state index contributed by atoms with van der Waals surface area (Å²) in [5, 5.41) is 9.33. The largest absolute Gasteiger partial charge is 0.478 e. The van der Waals surface area contributed by atoms with E-state index in [4.69, 9.17) is 4.74 Å². The molecule has 3 nitrogen and oxygen atoms in total. The van der Waals surface area contributed by atoms with Gasteiger partial charge in [-0.15, -0.1) is 0 Å². The SMILES string of the molecule is CCc1ccccc1OC(C(=O)O)c1ccccc1. The number of aliphatic carboxylic acids is 1. The number of aryl methyl sites for hydroxylation is 1. The van der Waals surface area contributed by atoms with Crippen LogP contribution in [0.4, 0.5) is 0 Å². The number of carboxylic acid groups (broad SMARTS) is 1. The summed E-state index contributed by atoms with van der Waals surface area (Å²) in [7, 11) is 0. The number of carboxylic acids is 1. The average molecular weight is 256 g/mol. The molecule has 0 aliphatic rings. The van der Waals surface area contributed by atoms with Gasteiger partial charge in [0.1, 0.15) is 5.75 Å². The maximum atomic E-state index is 11.4. The van der Waals surface area contributed by atoms with Crippen molar-refractivity contribution < 1.29 is 14.6 Å². The molecule has 0 aliphatic carbocycles. The van der Waals surface area contributed by atoms with Gasteiger partial charge >= 0.3 is 5.97 Å². The van der Waals surface area contributed by atoms with Crippen LogP contribution in [-0.4, -0.2) is 11.1 Å². The van der Waals surface area contributed by atoms with E-state index in [9.17, 15) is 9.90 Å². The van der Waals surface area contributed by atoms with Crippen LogP contribution in [-0.2, 0) is 11.2 Å². The number of rotatable bonds is 5. The van der Waals surface area contributed by atoms with E-state index >= 15 is 0 Å². The predicted octanol–water partition coefficient (Wildman–Crippen LogP) is 3.45. The molecule has 2 aromatic rings. The number of hydrogen-bond acceptors (Lipinski definition) is 2. The molecule has 0 heterocycles. The molecule has 0 amide bonds. The zero-order chi connectivity index (χ0) is 13.7. The maximum Gasteiger partial charge on any atom is 0.349 e. The number of hydrogen-bond donors (Lipinski definition) is 1. The minimum Gasteiger partial charge on any atom is -0.478 e. The van der Waals surface area contributed by atoms with E-state index in [0.717, 1.165) is 12.0 Å². The Morgan fingerprint density at radius 2 is 1.74 bits per heavy atom. The quantitative estimate of drug-likeness (QED) is 0.891. The normalized spacial score (nSPS) is 11.8. The van der Waals surface area contributed by atoms with Crippen molar-refractivity contribution >= 4 is 5.97 Å². The lowest BCUT2D eigenvalue weighted by atomic mass is 10.1. The van der Waals surface area contributed by atoms with Crippen LogP contribution in [0.25, 0.3) is 0 Å². The summed E-state index contributed by atoms with van der Waals surface area (Å²) in [5.41, 5.74) is 1.64. The topological polar surface area (TPSA) is 46.5 Å². The minimum absolute atomic E-state index is 0.626. The highest BCUT2D eigenvalue weighted by molar-refractivity contribution is 5.74. The molecule has 1 N–H and O–H groups in total. The second-order valence-corrected chi connectivity index (χ2v) is 4.21. The van der Waals surface area contributed by atoms with Crippen molar-refractivity contribution in [1.82, 2.24) is 0 Å². The maximum absolute atomic E-state index is 11.4. The molecule has 0 spiro atoms. The molecule has 3 heteroatoms. The van der Waals surface area contributed by atoms with Gasteiger partial charge in [0.05, 0.1) is 0 Å². The molecule has 0 bridgehead atoms. The van der Waals surface area contributed by atoms with Gasteiger partial charge in [0, 0.05) is 5.56 Å². The number of carbonyl (C=O) groups is 1. The second kappa shape index (κ2) is 6.05. The van der Waals surface area contributed by atoms with Crippen LogP contribution < -0.4 is 4.74 Å². The van der Waals surface area contributed by atoms with Crippen LogP contribution in [0.3, 0.4) is 0 Å². The summed E-state index contributed by atoms with van der Waals surface area (Å²) in [4.78, 5) is 11.4. The van der Waals surface area contributed by atoms with Gasteiger partial charge in [-0.2, -0.15) is 0 Å². The molecule has 0 fully saturated rings. The fourth-order valence-corrected chi connectivity index (χ4v) is 1.93. The van der Waals surface area contributed by atoms with Gasteiger partial charge in [0.2, 0.25) is 6.10 Å². The first-order valence-electron chi connectivity index (χ1n) is 6.24. The Hall–Kier alpha value is -2.29. The molecule has 0 aromatic heterocycles. The van der Waals surface area contributed by atoms with Gasteiger partial charge in [-0.3, -0.25) is 0 Å². The predicted molar refractivity (Wildman–Crippen MR) is 73.3 cm³/mol. The van der Waals surface area contributed by atoms with E-state index in [1.807, 2.05) is 31.2 Å². The zero-order valence-corrected chi connectivity index (χ0v) is 10.7. The van der Waals surface area contributed by atoms with Gasteiger partial charge in [-0.1, -0.05) is 55.5 Å². The summed E-state index contributed by atoms with van der Waals surface area (Å²) in [6, 6.07) is 16.5. The van der Waals surface area contributed by atoms with Crippen molar-refractivity contribution in [2.45, 2.75) is 19.4 Å². The first kappa shape index (κ1) is 13.1. The summed E-state index contributed by atoms with van der Waals surface area (Å²) in [6.45, 7) is 2.01. The monoisotopic (exact) mass is 256 g/mol. The summed E-state index contributed by atoms with van der Waals surface area (Å²) in [5.74, 6) is -0.363. The van der Waals surface area contributed by atoms with E-state index in [-0.39, 0.29) is 0 Å². The highest BCUT2D eigenvalue weighted by atomic mass is 16.5. The first-order chi connectivity index (χ1) is 9.22. The van der Waals surface area contributed by atoms with Crippen LogP contribution >= 0.6 is 0 Å². The Morgan fingerprint density at radius 3 is 2.37 bits per heavy atom. The molecule has 1 unspecified atom stereocenters. The van der Waals surface area contributed by atoms with Crippen molar-refractivity contribution in [3.63, 3.8) is 0 Å². The van der Waals surface area contributed by atoms with Crippen molar-refractivity contribution in [3.8, 4) is 5.75 Å². The molecule has 2 rings (SSSR count). The van der Waals surface area contributed by atoms with E-state index in [2.05, 4.69) is 0 Å². The number of ether oxygens (including phenoxy) is 1. The summed E-state index contributed by atoms with van der Waals surface area (Å²) >= 11 is 0. The smallest absolute Gasteiger partial charge is 0.349 e. The zero-order valence-electron chi connectivity index (χ0n) is 10.7. The van der Waals surface area contributed by atoms with E-state index in [1.165, 1.54) is 0 Å². The molecule has 0 saturated carbocycles. The van der Waals surface area contributed by atoms with Crippen LogP contribution in [0.15, 0.2) is 54.6 Å². The third-order valence-electron chi connectivity index (χ3n) is 2.92. The number of para-hydroxylation sites is 1. The lowest BCUT2D eigenvalue weighted by Gasteiger charge is -2.17. The first-order valence-corrected chi connectivity index (χ1v) is 6.24. The van der Waals surface area contributed by atoms with Crippen molar-refractivity contribution in [2.24, 2.45) is 0 Å². The van der Waals surface area contributed by atoms with E-state index in [1.54, 1.807) is 30.3 Å². The van der Waals surface area contributed by atoms with Gasteiger partial charge in [0.25, 0.3) is 0 Å². The summed E-state index contributed by atoms with van der Waals surface area (Å²) < 4.78 is 5.68. The van der Waals surface area contributed by atoms with Gasteiger partial charge in [-0.05, 0) is 18.1 Å². The van der Waals surface area contributed by atoms with Crippen LogP contribution in [0, 0.1) is 0 Å². The minimum atomic E-state index is -0.989. The highest BCUT2D eigenvalue weighted by Gasteiger charge is 2.22. The molecule has 0 saturated heterocycles. The average Bonchev–Trinajstić information content (AvgIpc) is 2.45. The molecular formula is C16H16O3. The van der Waals surface area contributed by atoms with Crippen LogP contribution in [0.1, 0.15) is 24.2 Å². The van der Waals surface area contributed by atoms with Crippen molar-refractivity contribution in [3.05, 3.63) is 65.7 Å². The molecule has 0 aliphatic heterocycles. The lowest BCUT2D eigenvalue weighted by Crippen LogP contribution is -2.18. The lowest BCUT2D eigenvalue weighted by molar-refractivity contribution is -0.145. The molecule has 98 valence electrons. The second-order valence-electron chi connectivity index (χ2n) is 4.21. The molecule has 2 aromatic carbocycles. The number of benzene rings is 2. The Labute approximate surface area is 112 Å².